The van der Waals surface area contributed by atoms with Crippen LogP contribution < -0.4 is 5.32 Å². The molecule has 0 aliphatic heterocycles. The summed E-state index contributed by atoms with van der Waals surface area (Å²) in [6.45, 7) is 8.36. The number of anilines is 1. The Balaban J connectivity index is 2.41. The molecule has 3 nitrogen and oxygen atoms in total. The maximum Gasteiger partial charge on any atom is 0.125 e. The molecule has 0 amide bonds. The van der Waals surface area contributed by atoms with Crippen LogP contribution in [0.2, 0.25) is 0 Å². The molecule has 17 heavy (non-hydrogen) atoms. The minimum absolute atomic E-state index is 0.804. The smallest absolute Gasteiger partial charge is 0.125 e. The number of nitrogens with one attached hydrogen (secondary N) is 1. The van der Waals surface area contributed by atoms with Crippen molar-refractivity contribution in [2.24, 2.45) is 4.99 Å². The van der Waals surface area contributed by atoms with Gasteiger partial charge in [0.2, 0.25) is 0 Å². The standard InChI is InChI=1S/C14H19N3/c1-4-5-6-13(15-3)9-10-16-14-8-7-12(2)11-17-14/h4-8,11H,3,9-10H2,1-2H3,(H,16,17)/b5-4-,13-6-. The average Bonchev–Trinajstić information content (AvgIpc) is 2.36. The van der Waals surface area contributed by atoms with E-state index in [9.17, 15) is 0 Å². The van der Waals surface area contributed by atoms with Crippen LogP contribution in [0.5, 0.6) is 0 Å². The number of nitrogens with zero attached hydrogens (tertiary/aromatic N) is 2. The van der Waals surface area contributed by atoms with Gasteiger partial charge in [0, 0.05) is 24.9 Å². The van der Waals surface area contributed by atoms with Crippen LogP contribution in [0.3, 0.4) is 0 Å². The van der Waals surface area contributed by atoms with Crippen LogP contribution >= 0.6 is 0 Å². The van der Waals surface area contributed by atoms with Crippen molar-refractivity contribution in [1.82, 2.24) is 4.98 Å². The van der Waals surface area contributed by atoms with Crippen molar-refractivity contribution in [2.45, 2.75) is 20.3 Å². The van der Waals surface area contributed by atoms with E-state index in [1.165, 1.54) is 0 Å². The molecule has 0 aliphatic rings. The molecular formula is C14H19N3. The first kappa shape index (κ1) is 13.2. The molecule has 0 saturated heterocycles. The van der Waals surface area contributed by atoms with E-state index in [1.54, 1.807) is 0 Å². The van der Waals surface area contributed by atoms with E-state index >= 15 is 0 Å². The van der Waals surface area contributed by atoms with Crippen molar-refractivity contribution in [3.05, 3.63) is 47.8 Å². The van der Waals surface area contributed by atoms with Crippen molar-refractivity contribution >= 4 is 12.5 Å². The molecule has 90 valence electrons. The first-order valence-corrected chi connectivity index (χ1v) is 5.71. The Hall–Kier alpha value is -1.90. The predicted molar refractivity (Wildman–Crippen MR) is 74.5 cm³/mol. The van der Waals surface area contributed by atoms with Gasteiger partial charge in [-0.15, -0.1) is 0 Å². The zero-order chi connectivity index (χ0) is 12.5. The molecule has 0 fully saturated rings. The summed E-state index contributed by atoms with van der Waals surface area (Å²) in [5.74, 6) is 0.894. The number of aliphatic imine (C=N–C) groups is 1. The minimum atomic E-state index is 0.804. The number of hydrogen-bond donors (Lipinski definition) is 1. The molecule has 0 saturated carbocycles. The van der Waals surface area contributed by atoms with Gasteiger partial charge < -0.3 is 5.32 Å². The summed E-state index contributed by atoms with van der Waals surface area (Å²) < 4.78 is 0. The molecule has 0 atom stereocenters. The van der Waals surface area contributed by atoms with Crippen LogP contribution in [0.4, 0.5) is 5.82 Å². The fraction of sp³-hybridized carbons (Fsp3) is 0.286. The summed E-state index contributed by atoms with van der Waals surface area (Å²) in [5, 5.41) is 3.25. The molecular weight excluding hydrogens is 210 g/mol. The number of aryl methyl sites for hydroxylation is 1. The minimum Gasteiger partial charge on any atom is -0.370 e. The number of rotatable bonds is 6. The second-order valence-electron chi connectivity index (χ2n) is 3.74. The van der Waals surface area contributed by atoms with E-state index in [1.807, 2.05) is 50.4 Å². The summed E-state index contributed by atoms with van der Waals surface area (Å²) in [6, 6.07) is 4.02. The van der Waals surface area contributed by atoms with Crippen LogP contribution in [0, 0.1) is 6.92 Å². The van der Waals surface area contributed by atoms with Crippen molar-refractivity contribution in [1.29, 1.82) is 0 Å². The molecule has 0 aliphatic carbocycles. The first-order valence-electron chi connectivity index (χ1n) is 5.71. The van der Waals surface area contributed by atoms with Crippen molar-refractivity contribution in [2.75, 3.05) is 11.9 Å². The molecule has 0 spiro atoms. The van der Waals surface area contributed by atoms with Gasteiger partial charge in [-0.05, 0) is 38.3 Å². The van der Waals surface area contributed by atoms with Crippen molar-refractivity contribution in [3.63, 3.8) is 0 Å². The van der Waals surface area contributed by atoms with E-state index in [-0.39, 0.29) is 0 Å². The Kier molecular flexibility index (Phi) is 5.72. The lowest BCUT2D eigenvalue weighted by atomic mass is 10.3. The molecule has 0 unspecified atom stereocenters. The molecule has 1 heterocycles. The fourth-order valence-corrected chi connectivity index (χ4v) is 1.31. The van der Waals surface area contributed by atoms with E-state index in [0.29, 0.717) is 0 Å². The number of allylic oxidation sites excluding steroid dienone is 3. The highest BCUT2D eigenvalue weighted by Crippen LogP contribution is 2.06. The van der Waals surface area contributed by atoms with Gasteiger partial charge in [-0.25, -0.2) is 4.98 Å². The third kappa shape index (κ3) is 5.11. The SMILES string of the molecule is C=N/C(=C\C=C/C)CCNc1ccc(C)cn1. The predicted octanol–water partition coefficient (Wildman–Crippen LogP) is 3.35. The lowest BCUT2D eigenvalue weighted by Crippen LogP contribution is -2.03. The highest BCUT2D eigenvalue weighted by atomic mass is 15.0. The summed E-state index contributed by atoms with van der Waals surface area (Å²) in [6.07, 6.45) is 8.60. The van der Waals surface area contributed by atoms with Gasteiger partial charge in [-0.2, -0.15) is 0 Å². The Morgan fingerprint density at radius 3 is 2.94 bits per heavy atom. The third-order valence-corrected chi connectivity index (χ3v) is 2.28. The normalized spacial score (nSPS) is 11.8. The van der Waals surface area contributed by atoms with Crippen LogP contribution in [-0.4, -0.2) is 18.2 Å². The lowest BCUT2D eigenvalue weighted by Gasteiger charge is -2.05. The van der Waals surface area contributed by atoms with Gasteiger partial charge in [0.1, 0.15) is 5.82 Å². The molecule has 1 N–H and O–H groups in total. The van der Waals surface area contributed by atoms with Crippen molar-refractivity contribution in [3.8, 4) is 0 Å². The maximum absolute atomic E-state index is 4.27. The molecule has 1 aromatic heterocycles. The molecule has 0 aromatic carbocycles. The second kappa shape index (κ2) is 7.39. The molecule has 1 rings (SSSR count). The Labute approximate surface area is 103 Å². The van der Waals surface area contributed by atoms with Crippen LogP contribution in [0.15, 0.2) is 47.2 Å². The summed E-state index contributed by atoms with van der Waals surface area (Å²) in [4.78, 5) is 8.24. The van der Waals surface area contributed by atoms with Gasteiger partial charge in [0.25, 0.3) is 0 Å². The van der Waals surface area contributed by atoms with Gasteiger partial charge in [-0.3, -0.25) is 4.99 Å². The van der Waals surface area contributed by atoms with Gasteiger partial charge in [0.05, 0.1) is 0 Å². The van der Waals surface area contributed by atoms with Crippen LogP contribution in [0.25, 0.3) is 0 Å². The average molecular weight is 229 g/mol. The topological polar surface area (TPSA) is 37.3 Å². The molecule has 0 radical (unpaired) electrons. The second-order valence-corrected chi connectivity index (χ2v) is 3.74. The van der Waals surface area contributed by atoms with E-state index < -0.39 is 0 Å². The highest BCUT2D eigenvalue weighted by molar-refractivity contribution is 5.36. The Bertz CT molecular complexity index is 402. The largest absolute Gasteiger partial charge is 0.370 e. The summed E-state index contributed by atoms with van der Waals surface area (Å²) in [7, 11) is 0. The fourth-order valence-electron chi connectivity index (χ4n) is 1.31. The zero-order valence-electron chi connectivity index (χ0n) is 10.5. The van der Waals surface area contributed by atoms with Crippen LogP contribution in [0.1, 0.15) is 18.9 Å². The van der Waals surface area contributed by atoms with Crippen molar-refractivity contribution < 1.29 is 0 Å². The number of hydrogen-bond acceptors (Lipinski definition) is 3. The zero-order valence-corrected chi connectivity index (χ0v) is 10.5. The third-order valence-electron chi connectivity index (χ3n) is 2.28. The Morgan fingerprint density at radius 1 is 1.53 bits per heavy atom. The highest BCUT2D eigenvalue weighted by Gasteiger charge is 1.95. The molecule has 1 aromatic rings. The van der Waals surface area contributed by atoms with E-state index in [4.69, 9.17) is 0 Å². The maximum atomic E-state index is 4.27. The number of pyridine rings is 1. The monoisotopic (exact) mass is 229 g/mol. The van der Waals surface area contributed by atoms with E-state index in [0.717, 1.165) is 30.0 Å². The summed E-state index contributed by atoms with van der Waals surface area (Å²) in [5.41, 5.74) is 2.14. The molecule has 0 bridgehead atoms. The number of aromatic nitrogens is 1. The molecule has 3 heteroatoms. The van der Waals surface area contributed by atoms with Gasteiger partial charge in [0.15, 0.2) is 0 Å². The van der Waals surface area contributed by atoms with Gasteiger partial charge >= 0.3 is 0 Å². The Morgan fingerprint density at radius 2 is 2.35 bits per heavy atom. The summed E-state index contributed by atoms with van der Waals surface area (Å²) >= 11 is 0. The van der Waals surface area contributed by atoms with E-state index in [2.05, 4.69) is 22.0 Å². The van der Waals surface area contributed by atoms with Crippen LogP contribution in [-0.2, 0) is 0 Å². The lowest BCUT2D eigenvalue weighted by molar-refractivity contribution is 0.972. The first-order chi connectivity index (χ1) is 8.26. The van der Waals surface area contributed by atoms with Gasteiger partial charge in [-0.1, -0.05) is 18.2 Å². The quantitative estimate of drug-likeness (QED) is 0.600.